The largest absolute Gasteiger partial charge is 0.385 e. The molecular formula is C13H18N4O. The number of ether oxygens (including phenoxy) is 1. The first-order valence-electron chi connectivity index (χ1n) is 6.29. The Bertz CT molecular complexity index is 559. The second-order valence-corrected chi connectivity index (χ2v) is 5.16. The van der Waals surface area contributed by atoms with Gasteiger partial charge in [-0.3, -0.25) is 4.98 Å². The molecule has 0 radical (unpaired) electrons. The van der Waals surface area contributed by atoms with Crippen molar-refractivity contribution in [1.82, 2.24) is 14.5 Å². The van der Waals surface area contributed by atoms with E-state index in [2.05, 4.69) is 14.5 Å². The third kappa shape index (κ3) is 1.95. The molecule has 5 nitrogen and oxygen atoms in total. The molecule has 2 N–H and O–H groups in total. The lowest BCUT2D eigenvalue weighted by Crippen LogP contribution is -2.15. The van der Waals surface area contributed by atoms with Gasteiger partial charge >= 0.3 is 0 Å². The molecule has 2 aromatic heterocycles. The number of anilines is 1. The maximum atomic E-state index is 6.01. The van der Waals surface area contributed by atoms with Crippen molar-refractivity contribution < 1.29 is 4.74 Å². The summed E-state index contributed by atoms with van der Waals surface area (Å²) in [5.41, 5.74) is 8.32. The monoisotopic (exact) mass is 246 g/mol. The summed E-state index contributed by atoms with van der Waals surface area (Å²) >= 11 is 0. The van der Waals surface area contributed by atoms with Crippen molar-refractivity contribution in [2.45, 2.75) is 25.8 Å². The number of nitrogens with two attached hydrogens (primary N) is 1. The molecule has 0 aromatic carbocycles. The van der Waals surface area contributed by atoms with Crippen molar-refractivity contribution in [3.8, 4) is 0 Å². The van der Waals surface area contributed by atoms with Crippen molar-refractivity contribution in [3.05, 3.63) is 18.5 Å². The zero-order valence-corrected chi connectivity index (χ0v) is 10.6. The number of aromatic nitrogens is 3. The van der Waals surface area contributed by atoms with E-state index in [1.165, 1.54) is 12.8 Å². The maximum Gasteiger partial charge on any atom is 0.201 e. The van der Waals surface area contributed by atoms with Crippen molar-refractivity contribution in [2.24, 2.45) is 5.41 Å². The molecule has 0 bridgehead atoms. The summed E-state index contributed by atoms with van der Waals surface area (Å²) in [6.07, 6.45) is 7.14. The molecule has 1 aliphatic carbocycles. The van der Waals surface area contributed by atoms with E-state index in [0.717, 1.165) is 30.6 Å². The fraction of sp³-hybridized carbons (Fsp3) is 0.538. The lowest BCUT2D eigenvalue weighted by atomic mass is 10.0. The molecule has 3 rings (SSSR count). The Morgan fingerprint density at radius 1 is 1.50 bits per heavy atom. The summed E-state index contributed by atoms with van der Waals surface area (Å²) < 4.78 is 7.30. The molecule has 0 spiro atoms. The standard InChI is InChI=1S/C13H18N4O/c1-18-7-5-13(3-4-13)9-17-11-2-6-15-8-10(11)16-12(17)14/h2,6,8H,3-5,7,9H2,1H3,(H2,14,16). The van der Waals surface area contributed by atoms with Gasteiger partial charge in [0.1, 0.15) is 5.52 Å². The first-order valence-corrected chi connectivity index (χ1v) is 6.29. The van der Waals surface area contributed by atoms with Crippen LogP contribution in [0.25, 0.3) is 11.0 Å². The molecule has 96 valence electrons. The van der Waals surface area contributed by atoms with Crippen molar-refractivity contribution in [2.75, 3.05) is 19.5 Å². The Labute approximate surface area is 106 Å². The van der Waals surface area contributed by atoms with Gasteiger partial charge in [0, 0.05) is 26.5 Å². The first kappa shape index (κ1) is 11.5. The van der Waals surface area contributed by atoms with Crippen molar-refractivity contribution in [1.29, 1.82) is 0 Å². The Hall–Kier alpha value is -1.62. The Morgan fingerprint density at radius 3 is 3.06 bits per heavy atom. The van der Waals surface area contributed by atoms with Gasteiger partial charge in [-0.25, -0.2) is 4.98 Å². The van der Waals surface area contributed by atoms with Gasteiger partial charge in [-0.2, -0.15) is 0 Å². The highest BCUT2D eigenvalue weighted by molar-refractivity contribution is 5.77. The number of nitrogen functional groups attached to an aromatic ring is 1. The molecule has 1 aliphatic rings. The molecule has 18 heavy (non-hydrogen) atoms. The molecule has 5 heteroatoms. The number of hydrogen-bond donors (Lipinski definition) is 1. The van der Waals surface area contributed by atoms with E-state index < -0.39 is 0 Å². The predicted octanol–water partition coefficient (Wildman–Crippen LogP) is 1.83. The minimum Gasteiger partial charge on any atom is -0.385 e. The van der Waals surface area contributed by atoms with Gasteiger partial charge in [-0.15, -0.1) is 0 Å². The summed E-state index contributed by atoms with van der Waals surface area (Å²) in [5.74, 6) is 0.585. The van der Waals surface area contributed by atoms with Crippen LogP contribution in [0.5, 0.6) is 0 Å². The normalized spacial score (nSPS) is 17.2. The summed E-state index contributed by atoms with van der Waals surface area (Å²) in [6, 6.07) is 1.98. The minimum absolute atomic E-state index is 0.362. The third-order valence-corrected chi connectivity index (χ3v) is 3.87. The van der Waals surface area contributed by atoms with Gasteiger partial charge in [0.05, 0.1) is 11.7 Å². The van der Waals surface area contributed by atoms with E-state index >= 15 is 0 Å². The van der Waals surface area contributed by atoms with E-state index in [1.54, 1.807) is 19.5 Å². The van der Waals surface area contributed by atoms with Gasteiger partial charge in [0.15, 0.2) is 0 Å². The zero-order chi connectivity index (χ0) is 12.6. The molecule has 1 fully saturated rings. The van der Waals surface area contributed by atoms with Gasteiger partial charge in [0.25, 0.3) is 0 Å². The van der Waals surface area contributed by atoms with Gasteiger partial charge in [-0.05, 0) is 30.7 Å². The number of methoxy groups -OCH3 is 1. The van der Waals surface area contributed by atoms with Gasteiger partial charge < -0.3 is 15.0 Å². The van der Waals surface area contributed by atoms with Crippen LogP contribution in [0, 0.1) is 5.41 Å². The number of imidazole rings is 1. The lowest BCUT2D eigenvalue weighted by molar-refractivity contribution is 0.167. The van der Waals surface area contributed by atoms with Crippen LogP contribution in [0.15, 0.2) is 18.5 Å². The van der Waals surface area contributed by atoms with Crippen molar-refractivity contribution >= 4 is 17.0 Å². The summed E-state index contributed by atoms with van der Waals surface area (Å²) in [7, 11) is 1.75. The molecule has 0 amide bonds. The maximum absolute atomic E-state index is 6.01. The Balaban J connectivity index is 1.88. The number of fused-ring (bicyclic) bond motifs is 1. The summed E-state index contributed by atoms with van der Waals surface area (Å²) in [5, 5.41) is 0. The highest BCUT2D eigenvalue weighted by Crippen LogP contribution is 2.50. The molecule has 0 unspecified atom stereocenters. The zero-order valence-electron chi connectivity index (χ0n) is 10.6. The van der Waals surface area contributed by atoms with E-state index in [4.69, 9.17) is 10.5 Å². The molecule has 2 aromatic rings. The molecule has 2 heterocycles. The van der Waals surface area contributed by atoms with Crippen LogP contribution in [-0.4, -0.2) is 28.3 Å². The second kappa shape index (κ2) is 4.24. The van der Waals surface area contributed by atoms with E-state index in [1.807, 2.05) is 6.07 Å². The molecule has 0 saturated heterocycles. The molecule has 0 atom stereocenters. The fourth-order valence-electron chi connectivity index (χ4n) is 2.48. The SMILES string of the molecule is COCCC1(Cn2c(N)nc3cnccc32)CC1. The number of nitrogens with zero attached hydrogens (tertiary/aromatic N) is 3. The number of hydrogen-bond acceptors (Lipinski definition) is 4. The highest BCUT2D eigenvalue weighted by atomic mass is 16.5. The molecule has 0 aliphatic heterocycles. The van der Waals surface area contributed by atoms with E-state index in [-0.39, 0.29) is 0 Å². The average Bonchev–Trinajstić information content (AvgIpc) is 3.08. The quantitative estimate of drug-likeness (QED) is 0.874. The van der Waals surface area contributed by atoms with Crippen LogP contribution < -0.4 is 5.73 Å². The topological polar surface area (TPSA) is 66.0 Å². The minimum atomic E-state index is 0.362. The van der Waals surface area contributed by atoms with Crippen LogP contribution in [-0.2, 0) is 11.3 Å². The van der Waals surface area contributed by atoms with Crippen LogP contribution in [0.2, 0.25) is 0 Å². The van der Waals surface area contributed by atoms with Crippen LogP contribution in [0.1, 0.15) is 19.3 Å². The van der Waals surface area contributed by atoms with Crippen LogP contribution >= 0.6 is 0 Å². The average molecular weight is 246 g/mol. The summed E-state index contributed by atoms with van der Waals surface area (Å²) in [4.78, 5) is 8.43. The third-order valence-electron chi connectivity index (χ3n) is 3.87. The van der Waals surface area contributed by atoms with Gasteiger partial charge in [-0.1, -0.05) is 0 Å². The van der Waals surface area contributed by atoms with Gasteiger partial charge in [0.2, 0.25) is 5.95 Å². The van der Waals surface area contributed by atoms with Crippen LogP contribution in [0.3, 0.4) is 0 Å². The predicted molar refractivity (Wildman–Crippen MR) is 70.1 cm³/mol. The Kier molecular flexibility index (Phi) is 2.70. The first-order chi connectivity index (χ1) is 8.74. The Morgan fingerprint density at radius 2 is 2.33 bits per heavy atom. The highest BCUT2D eigenvalue weighted by Gasteiger charge is 2.42. The fourth-order valence-corrected chi connectivity index (χ4v) is 2.48. The molecular weight excluding hydrogens is 228 g/mol. The number of rotatable bonds is 5. The van der Waals surface area contributed by atoms with E-state index in [9.17, 15) is 0 Å². The number of pyridine rings is 1. The smallest absolute Gasteiger partial charge is 0.201 e. The van der Waals surface area contributed by atoms with Crippen LogP contribution in [0.4, 0.5) is 5.95 Å². The summed E-state index contributed by atoms with van der Waals surface area (Å²) in [6.45, 7) is 1.75. The molecule has 1 saturated carbocycles. The lowest BCUT2D eigenvalue weighted by Gasteiger charge is -2.16. The van der Waals surface area contributed by atoms with E-state index in [0.29, 0.717) is 11.4 Å². The van der Waals surface area contributed by atoms with Crippen molar-refractivity contribution in [3.63, 3.8) is 0 Å². The second-order valence-electron chi connectivity index (χ2n) is 5.16.